The molecular weight excluding hydrogens is 450 g/mol. The van der Waals surface area contributed by atoms with E-state index in [2.05, 4.69) is 23.6 Å². The quantitative estimate of drug-likeness (QED) is 0.499. The van der Waals surface area contributed by atoms with Crippen molar-refractivity contribution in [1.82, 2.24) is 5.32 Å². The number of ether oxygens (including phenoxy) is 1. The molecule has 3 atom stereocenters. The normalized spacial score (nSPS) is 19.2. The lowest BCUT2D eigenvalue weighted by molar-refractivity contribution is -0.122. The van der Waals surface area contributed by atoms with Crippen LogP contribution in [0.5, 0.6) is 0 Å². The molecule has 0 bridgehead atoms. The maximum Gasteiger partial charge on any atom is 0.290 e. The van der Waals surface area contributed by atoms with Crippen LogP contribution in [-0.4, -0.2) is 50.2 Å². The molecule has 0 amide bonds. The van der Waals surface area contributed by atoms with Crippen molar-refractivity contribution in [1.29, 1.82) is 5.26 Å². The van der Waals surface area contributed by atoms with Gasteiger partial charge in [0.05, 0.1) is 11.7 Å². The summed E-state index contributed by atoms with van der Waals surface area (Å²) in [5, 5.41) is 24.0. The van der Waals surface area contributed by atoms with E-state index in [4.69, 9.17) is 14.6 Å². The smallest absolute Gasteiger partial charge is 0.290 e. The fraction of sp³-hybridized carbons (Fsp3) is 0.500. The lowest BCUT2D eigenvalue weighted by Crippen LogP contribution is -2.38. The molecule has 1 aromatic carbocycles. The average molecular weight is 486 g/mol. The van der Waals surface area contributed by atoms with Crippen LogP contribution in [0.15, 0.2) is 30.3 Å². The Balaban J connectivity index is 0.000000247. The van der Waals surface area contributed by atoms with Crippen molar-refractivity contribution >= 4 is 29.1 Å². The Morgan fingerprint density at radius 3 is 2.62 bits per heavy atom. The monoisotopic (exact) mass is 485 g/mol. The molecule has 2 aliphatic rings. The van der Waals surface area contributed by atoms with Gasteiger partial charge in [-0.15, -0.1) is 11.3 Å². The number of carboxylic acid groups (broad SMARTS) is 1. The molecule has 1 aliphatic heterocycles. The van der Waals surface area contributed by atoms with Crippen LogP contribution in [0.2, 0.25) is 0 Å². The second-order valence-electron chi connectivity index (χ2n) is 8.37. The minimum absolute atomic E-state index is 0.250. The molecule has 1 aliphatic carbocycles. The summed E-state index contributed by atoms with van der Waals surface area (Å²) < 4.78 is 5.66. The van der Waals surface area contributed by atoms with E-state index in [1.165, 1.54) is 28.8 Å². The van der Waals surface area contributed by atoms with Crippen molar-refractivity contribution in [2.24, 2.45) is 0 Å². The van der Waals surface area contributed by atoms with Gasteiger partial charge in [0.25, 0.3) is 6.47 Å². The molecule has 2 heterocycles. The number of carbonyl (C=O) groups excluding carboxylic acids is 1. The van der Waals surface area contributed by atoms with E-state index >= 15 is 0 Å². The van der Waals surface area contributed by atoms with Crippen LogP contribution in [0.4, 0.5) is 5.00 Å². The van der Waals surface area contributed by atoms with Gasteiger partial charge in [-0.3, -0.25) is 4.79 Å². The second kappa shape index (κ2) is 15.2. The van der Waals surface area contributed by atoms with E-state index in [1.54, 1.807) is 11.3 Å². The summed E-state index contributed by atoms with van der Waals surface area (Å²) in [7, 11) is 1.89. The van der Waals surface area contributed by atoms with Gasteiger partial charge < -0.3 is 25.3 Å². The number of hydrogen-bond donors (Lipinski definition) is 3. The Hall–Kier alpha value is -2.73. The Labute approximate surface area is 206 Å². The number of anilines is 1. The zero-order chi connectivity index (χ0) is 24.8. The van der Waals surface area contributed by atoms with Crippen LogP contribution in [0.3, 0.4) is 0 Å². The van der Waals surface area contributed by atoms with Gasteiger partial charge in [0.2, 0.25) is 0 Å². The van der Waals surface area contributed by atoms with Crippen molar-refractivity contribution in [2.45, 2.75) is 63.5 Å². The Kier molecular flexibility index (Phi) is 12.3. The Bertz CT molecular complexity index is 920. The molecule has 1 saturated heterocycles. The molecule has 4 rings (SSSR count). The number of nitriles is 1. The van der Waals surface area contributed by atoms with Crippen LogP contribution in [-0.2, 0) is 27.2 Å². The molecular formula is C26H35N3O4S. The summed E-state index contributed by atoms with van der Waals surface area (Å²) in [4.78, 5) is 19.9. The highest BCUT2D eigenvalue weighted by molar-refractivity contribution is 7.16. The summed E-state index contributed by atoms with van der Waals surface area (Å²) >= 11 is 1.74. The van der Waals surface area contributed by atoms with Gasteiger partial charge in [0.15, 0.2) is 0 Å². The molecule has 3 N–H and O–H groups in total. The summed E-state index contributed by atoms with van der Waals surface area (Å²) in [6, 6.07) is 13.0. The van der Waals surface area contributed by atoms with E-state index in [-0.39, 0.29) is 6.47 Å². The second-order valence-corrected chi connectivity index (χ2v) is 9.48. The summed E-state index contributed by atoms with van der Waals surface area (Å²) in [6.07, 6.45) is 7.55. The SMILES string of the molecule is CC(CC=O)c1ccccc1.CNc1sc2c(c1C#N)CCC(NCC1CCCO1)C2.O=CO. The fourth-order valence-electron chi connectivity index (χ4n) is 4.22. The third-order valence-electron chi connectivity index (χ3n) is 6.08. The molecule has 184 valence electrons. The first-order valence-corrected chi connectivity index (χ1v) is 12.5. The molecule has 1 fully saturated rings. The Morgan fingerprint density at radius 1 is 1.29 bits per heavy atom. The lowest BCUT2D eigenvalue weighted by Gasteiger charge is -2.24. The van der Waals surface area contributed by atoms with Gasteiger partial charge in [-0.25, -0.2) is 0 Å². The number of nitrogens with zero attached hydrogens (tertiary/aromatic N) is 1. The standard InChI is InChI=1S/C15H21N3OS.C10H12O.CH2O2/c1-17-15-13(8-16)12-5-4-10(7-14(12)20-15)18-9-11-3-2-6-19-11;1-9(7-8-11)10-5-3-2-4-6-10;2-1-3/h10-11,17-18H,2-7,9H2,1H3;2-6,8-9H,7H2,1H3;1H,(H,2,3). The zero-order valence-corrected chi connectivity index (χ0v) is 20.8. The number of rotatable bonds is 7. The highest BCUT2D eigenvalue weighted by Gasteiger charge is 2.26. The molecule has 0 radical (unpaired) electrons. The van der Waals surface area contributed by atoms with Gasteiger partial charge in [-0.05, 0) is 49.1 Å². The van der Waals surface area contributed by atoms with Crippen molar-refractivity contribution in [3.63, 3.8) is 0 Å². The van der Waals surface area contributed by atoms with E-state index in [1.807, 2.05) is 37.4 Å². The maximum absolute atomic E-state index is 10.2. The first-order valence-electron chi connectivity index (χ1n) is 11.7. The summed E-state index contributed by atoms with van der Waals surface area (Å²) in [5.74, 6) is 0.355. The van der Waals surface area contributed by atoms with Crippen LogP contribution in [0.1, 0.15) is 60.1 Å². The van der Waals surface area contributed by atoms with Gasteiger partial charge in [0.1, 0.15) is 17.4 Å². The number of aldehydes is 1. The number of nitrogens with one attached hydrogen (secondary N) is 2. The van der Waals surface area contributed by atoms with Gasteiger partial charge in [-0.1, -0.05) is 37.3 Å². The van der Waals surface area contributed by atoms with Gasteiger partial charge in [-0.2, -0.15) is 5.26 Å². The van der Waals surface area contributed by atoms with Crippen LogP contribution < -0.4 is 10.6 Å². The highest BCUT2D eigenvalue weighted by Crippen LogP contribution is 2.37. The van der Waals surface area contributed by atoms with Crippen molar-refractivity contribution in [3.05, 3.63) is 51.9 Å². The van der Waals surface area contributed by atoms with E-state index in [0.717, 1.165) is 49.3 Å². The highest BCUT2D eigenvalue weighted by atomic mass is 32.1. The molecule has 7 nitrogen and oxygen atoms in total. The largest absolute Gasteiger partial charge is 0.483 e. The number of thiophene rings is 1. The maximum atomic E-state index is 10.2. The molecule has 0 spiro atoms. The molecule has 2 aromatic rings. The summed E-state index contributed by atoms with van der Waals surface area (Å²) in [6.45, 7) is 3.70. The van der Waals surface area contributed by atoms with Crippen LogP contribution in [0, 0.1) is 11.3 Å². The van der Waals surface area contributed by atoms with Crippen LogP contribution in [0.25, 0.3) is 0 Å². The first kappa shape index (κ1) is 27.5. The molecule has 1 aromatic heterocycles. The third-order valence-corrected chi connectivity index (χ3v) is 7.35. The topological polar surface area (TPSA) is 111 Å². The van der Waals surface area contributed by atoms with Crippen molar-refractivity contribution in [2.75, 3.05) is 25.5 Å². The van der Waals surface area contributed by atoms with Crippen molar-refractivity contribution in [3.8, 4) is 6.07 Å². The number of benzene rings is 1. The third kappa shape index (κ3) is 8.24. The average Bonchev–Trinajstić information content (AvgIpc) is 3.51. The number of carbonyl (C=O) groups is 2. The molecule has 8 heteroatoms. The van der Waals surface area contributed by atoms with Crippen LogP contribution >= 0.6 is 11.3 Å². The Morgan fingerprint density at radius 2 is 2.03 bits per heavy atom. The first-order chi connectivity index (χ1) is 16.6. The minimum atomic E-state index is -0.250. The zero-order valence-electron chi connectivity index (χ0n) is 20.0. The molecule has 3 unspecified atom stereocenters. The molecule has 0 saturated carbocycles. The number of hydrogen-bond acceptors (Lipinski definition) is 7. The molecule has 34 heavy (non-hydrogen) atoms. The van der Waals surface area contributed by atoms with E-state index in [9.17, 15) is 10.1 Å². The van der Waals surface area contributed by atoms with E-state index < -0.39 is 0 Å². The number of fused-ring (bicyclic) bond motifs is 1. The summed E-state index contributed by atoms with van der Waals surface area (Å²) in [5.41, 5.74) is 3.38. The van der Waals surface area contributed by atoms with Gasteiger partial charge in [0, 0.05) is 37.5 Å². The lowest BCUT2D eigenvalue weighted by atomic mass is 9.92. The van der Waals surface area contributed by atoms with Crippen molar-refractivity contribution < 1.29 is 19.4 Å². The fourth-order valence-corrected chi connectivity index (χ4v) is 5.45. The van der Waals surface area contributed by atoms with Gasteiger partial charge >= 0.3 is 0 Å². The van der Waals surface area contributed by atoms with E-state index in [0.29, 0.717) is 24.5 Å². The predicted octanol–water partition coefficient (Wildman–Crippen LogP) is 4.37. The minimum Gasteiger partial charge on any atom is -0.483 e. The predicted molar refractivity (Wildman–Crippen MR) is 136 cm³/mol.